The van der Waals surface area contributed by atoms with Crippen LogP contribution in [0.2, 0.25) is 0 Å². The van der Waals surface area contributed by atoms with E-state index in [1.807, 2.05) is 26.2 Å². The molecule has 130 valence electrons. The maximum atomic E-state index is 13.3. The van der Waals surface area contributed by atoms with Crippen LogP contribution in [0, 0.1) is 5.82 Å². The first-order valence-corrected chi connectivity index (χ1v) is 8.27. The number of hydrogen-bond donors (Lipinski definition) is 2. The lowest BCUT2D eigenvalue weighted by Gasteiger charge is -2.25. The van der Waals surface area contributed by atoms with Gasteiger partial charge in [-0.1, -0.05) is 12.1 Å². The topological polar surface area (TPSA) is 68.0 Å². The predicted octanol–water partition coefficient (Wildman–Crippen LogP) is 1.92. The van der Waals surface area contributed by atoms with Gasteiger partial charge in [0.25, 0.3) is 5.56 Å². The molecule has 0 bridgehead atoms. The number of likely N-dealkylation sites (N-methyl/N-ethyl adjacent to an activating group) is 1. The number of nitrogens with one attached hydrogen (secondary N) is 2. The zero-order valence-electron chi connectivity index (χ0n) is 14.2. The molecule has 25 heavy (non-hydrogen) atoms. The summed E-state index contributed by atoms with van der Waals surface area (Å²) in [5.74, 6) is 0.542. The summed E-state index contributed by atoms with van der Waals surface area (Å²) in [7, 11) is 4.07. The molecule has 2 N–H and O–H groups in total. The highest BCUT2D eigenvalue weighted by molar-refractivity contribution is 5.75. The van der Waals surface area contributed by atoms with Gasteiger partial charge in [0.2, 0.25) is 5.95 Å². The number of H-pyrrole nitrogens is 2. The molecule has 3 aromatic rings. The average molecular weight is 341 g/mol. The molecule has 7 heteroatoms. The largest absolute Gasteiger partial charge is 0.346 e. The first kappa shape index (κ1) is 15.8. The Labute approximate surface area is 144 Å². The van der Waals surface area contributed by atoms with Gasteiger partial charge in [-0.05, 0) is 37.9 Å². The van der Waals surface area contributed by atoms with Gasteiger partial charge in [0, 0.05) is 31.2 Å². The molecular weight excluding hydrogens is 321 g/mol. The second kappa shape index (κ2) is 6.00. The molecule has 0 amide bonds. The Morgan fingerprint density at radius 2 is 1.96 bits per heavy atom. The van der Waals surface area contributed by atoms with Gasteiger partial charge < -0.3 is 14.8 Å². The molecule has 1 fully saturated rings. The molecule has 6 nitrogen and oxygen atoms in total. The van der Waals surface area contributed by atoms with Crippen LogP contribution in [-0.2, 0) is 0 Å². The van der Waals surface area contributed by atoms with Crippen LogP contribution in [0.25, 0.3) is 11.0 Å². The highest BCUT2D eigenvalue weighted by atomic mass is 19.1. The second-order valence-electron chi connectivity index (χ2n) is 6.72. The molecule has 2 atom stereocenters. The van der Waals surface area contributed by atoms with Crippen LogP contribution in [0.4, 0.5) is 10.3 Å². The highest BCUT2D eigenvalue weighted by Crippen LogP contribution is 2.32. The third-order valence-corrected chi connectivity index (χ3v) is 4.96. The van der Waals surface area contributed by atoms with Crippen LogP contribution >= 0.6 is 0 Å². The van der Waals surface area contributed by atoms with Crippen LogP contribution in [0.5, 0.6) is 0 Å². The zero-order valence-corrected chi connectivity index (χ0v) is 14.2. The van der Waals surface area contributed by atoms with Crippen molar-refractivity contribution >= 4 is 17.0 Å². The molecule has 0 aliphatic carbocycles. The van der Waals surface area contributed by atoms with Crippen molar-refractivity contribution < 1.29 is 4.39 Å². The lowest BCUT2D eigenvalue weighted by molar-refractivity contribution is 0.292. The molecule has 2 aromatic heterocycles. The van der Waals surface area contributed by atoms with E-state index in [9.17, 15) is 9.18 Å². The van der Waals surface area contributed by atoms with E-state index in [1.54, 1.807) is 12.3 Å². The fourth-order valence-electron chi connectivity index (χ4n) is 3.61. The number of halogens is 1. The normalized spacial score (nSPS) is 20.7. The molecule has 0 saturated carbocycles. The molecule has 1 aliphatic rings. The first-order valence-electron chi connectivity index (χ1n) is 8.27. The van der Waals surface area contributed by atoms with Gasteiger partial charge in [-0.2, -0.15) is 4.98 Å². The van der Waals surface area contributed by atoms with Crippen LogP contribution in [0.3, 0.4) is 0 Å². The Balaban J connectivity index is 1.69. The quantitative estimate of drug-likeness (QED) is 0.764. The van der Waals surface area contributed by atoms with Crippen molar-refractivity contribution in [1.29, 1.82) is 0 Å². The van der Waals surface area contributed by atoms with Crippen LogP contribution in [-0.4, -0.2) is 53.1 Å². The summed E-state index contributed by atoms with van der Waals surface area (Å²) >= 11 is 0. The highest BCUT2D eigenvalue weighted by Gasteiger charge is 2.36. The average Bonchev–Trinajstić information content (AvgIpc) is 3.22. The number of anilines is 1. The number of aromatic nitrogens is 3. The first-order chi connectivity index (χ1) is 12.0. The van der Waals surface area contributed by atoms with Crippen LogP contribution < -0.4 is 10.5 Å². The van der Waals surface area contributed by atoms with Crippen molar-refractivity contribution in [3.8, 4) is 0 Å². The van der Waals surface area contributed by atoms with E-state index in [0.29, 0.717) is 23.5 Å². The van der Waals surface area contributed by atoms with E-state index >= 15 is 0 Å². The molecule has 4 rings (SSSR count). The Morgan fingerprint density at radius 1 is 1.20 bits per heavy atom. The summed E-state index contributed by atoms with van der Waals surface area (Å²) in [5, 5.41) is 0.558. The summed E-state index contributed by atoms with van der Waals surface area (Å²) in [4.78, 5) is 26.9. The standard InChI is InChI=1S/C18H20FN5O/c1-23(2)15-10-24(9-14(15)11-3-5-12(19)6-4-11)18-21-16-13(7-8-20-16)17(25)22-18/h3-8,14-15H,9-10H2,1-2H3,(H2,20,21,22,25). The smallest absolute Gasteiger partial charge is 0.261 e. The Kier molecular flexibility index (Phi) is 3.80. The van der Waals surface area contributed by atoms with Crippen molar-refractivity contribution in [2.75, 3.05) is 32.1 Å². The van der Waals surface area contributed by atoms with Gasteiger partial charge in [0.1, 0.15) is 11.5 Å². The van der Waals surface area contributed by atoms with Crippen LogP contribution in [0.15, 0.2) is 41.3 Å². The van der Waals surface area contributed by atoms with E-state index in [4.69, 9.17) is 0 Å². The Morgan fingerprint density at radius 3 is 2.68 bits per heavy atom. The minimum atomic E-state index is -0.233. The lowest BCUT2D eigenvalue weighted by Crippen LogP contribution is -2.35. The number of fused-ring (bicyclic) bond motifs is 1. The molecule has 3 heterocycles. The van der Waals surface area contributed by atoms with Gasteiger partial charge in [-0.25, -0.2) is 4.39 Å². The summed E-state index contributed by atoms with van der Waals surface area (Å²) in [6.07, 6.45) is 1.71. The number of hydrogen-bond acceptors (Lipinski definition) is 4. The van der Waals surface area contributed by atoms with Crippen molar-refractivity contribution in [3.63, 3.8) is 0 Å². The molecule has 1 saturated heterocycles. The number of rotatable bonds is 3. The number of aromatic amines is 2. The van der Waals surface area contributed by atoms with Gasteiger partial charge in [0.05, 0.1) is 5.39 Å². The Hall–Kier alpha value is -2.67. The molecule has 1 aliphatic heterocycles. The second-order valence-corrected chi connectivity index (χ2v) is 6.72. The maximum absolute atomic E-state index is 13.3. The van der Waals surface area contributed by atoms with Gasteiger partial charge in [0.15, 0.2) is 0 Å². The van der Waals surface area contributed by atoms with E-state index in [0.717, 1.165) is 12.1 Å². The summed E-state index contributed by atoms with van der Waals surface area (Å²) in [5.41, 5.74) is 1.53. The van der Waals surface area contributed by atoms with Gasteiger partial charge >= 0.3 is 0 Å². The van der Waals surface area contributed by atoms with E-state index < -0.39 is 0 Å². The monoisotopic (exact) mass is 341 g/mol. The fourth-order valence-corrected chi connectivity index (χ4v) is 3.61. The lowest BCUT2D eigenvalue weighted by atomic mass is 9.94. The summed E-state index contributed by atoms with van der Waals surface area (Å²) < 4.78 is 13.3. The molecule has 2 unspecified atom stereocenters. The summed E-state index contributed by atoms with van der Waals surface area (Å²) in [6.45, 7) is 1.45. The number of benzene rings is 1. The Bertz CT molecular complexity index is 946. The van der Waals surface area contributed by atoms with Crippen molar-refractivity contribution in [2.24, 2.45) is 0 Å². The van der Waals surface area contributed by atoms with E-state index in [-0.39, 0.29) is 23.3 Å². The fraction of sp³-hybridized carbons (Fsp3) is 0.333. The minimum absolute atomic E-state index is 0.145. The molecule has 1 aromatic carbocycles. The predicted molar refractivity (Wildman–Crippen MR) is 95.5 cm³/mol. The van der Waals surface area contributed by atoms with Crippen molar-refractivity contribution in [1.82, 2.24) is 19.9 Å². The van der Waals surface area contributed by atoms with E-state index in [1.165, 1.54) is 12.1 Å². The zero-order chi connectivity index (χ0) is 17.6. The molecular formula is C18H20FN5O. The number of nitrogens with zero attached hydrogens (tertiary/aromatic N) is 3. The maximum Gasteiger partial charge on any atom is 0.261 e. The van der Waals surface area contributed by atoms with E-state index in [2.05, 4.69) is 24.8 Å². The molecule has 0 spiro atoms. The van der Waals surface area contributed by atoms with Gasteiger partial charge in [-0.15, -0.1) is 0 Å². The minimum Gasteiger partial charge on any atom is -0.346 e. The third-order valence-electron chi connectivity index (χ3n) is 4.96. The summed E-state index contributed by atoms with van der Waals surface area (Å²) in [6, 6.07) is 8.63. The van der Waals surface area contributed by atoms with Gasteiger partial charge in [-0.3, -0.25) is 9.78 Å². The molecule has 0 radical (unpaired) electrons. The van der Waals surface area contributed by atoms with Crippen molar-refractivity contribution in [3.05, 3.63) is 58.3 Å². The van der Waals surface area contributed by atoms with Crippen molar-refractivity contribution in [2.45, 2.75) is 12.0 Å². The third kappa shape index (κ3) is 2.80. The van der Waals surface area contributed by atoms with Crippen LogP contribution in [0.1, 0.15) is 11.5 Å². The SMILES string of the molecule is CN(C)C1CN(c2nc3[nH]ccc3c(=O)[nH]2)CC1c1ccc(F)cc1.